The molecule has 0 bridgehead atoms. The quantitative estimate of drug-likeness (QED) is 0.825. The Hall–Kier alpha value is -1.43. The van der Waals surface area contributed by atoms with Crippen molar-refractivity contribution in [3.05, 3.63) is 52.0 Å². The van der Waals surface area contributed by atoms with Crippen LogP contribution in [0.2, 0.25) is 10.0 Å². The number of aryl methyl sites for hydroxylation is 1. The van der Waals surface area contributed by atoms with Gasteiger partial charge in [-0.05, 0) is 36.2 Å². The van der Waals surface area contributed by atoms with Gasteiger partial charge in [0.15, 0.2) is 0 Å². The number of halogens is 2. The number of sulfonamides is 1. The molecule has 0 atom stereocenters. The number of anilines is 2. The van der Waals surface area contributed by atoms with Crippen molar-refractivity contribution in [1.82, 2.24) is 0 Å². The number of nitrogens with two attached hydrogens (primary N) is 1. The summed E-state index contributed by atoms with van der Waals surface area (Å²) >= 11 is 11.9. The predicted octanol–water partition coefficient (Wildman–Crippen LogP) is 3.94. The highest BCUT2D eigenvalue weighted by Crippen LogP contribution is 2.32. The Morgan fingerprint density at radius 2 is 1.76 bits per heavy atom. The monoisotopic (exact) mass is 344 g/mol. The maximum atomic E-state index is 12.4. The highest BCUT2D eigenvalue weighted by atomic mass is 35.5. The van der Waals surface area contributed by atoms with Gasteiger partial charge in [0.25, 0.3) is 10.0 Å². The molecular weight excluding hydrogens is 331 g/mol. The van der Waals surface area contributed by atoms with Gasteiger partial charge in [-0.2, -0.15) is 0 Å². The Morgan fingerprint density at radius 3 is 2.29 bits per heavy atom. The Morgan fingerprint density at radius 1 is 1.14 bits per heavy atom. The molecule has 7 heteroatoms. The fraction of sp³-hybridized carbons (Fsp3) is 0.143. The smallest absolute Gasteiger partial charge is 0.262 e. The van der Waals surface area contributed by atoms with E-state index in [1.54, 1.807) is 24.3 Å². The second-order valence-corrected chi connectivity index (χ2v) is 6.91. The van der Waals surface area contributed by atoms with Gasteiger partial charge < -0.3 is 5.73 Å². The zero-order chi connectivity index (χ0) is 15.6. The molecule has 2 aromatic rings. The Balaban J connectivity index is 2.41. The second kappa shape index (κ2) is 6.13. The lowest BCUT2D eigenvalue weighted by Gasteiger charge is -2.12. The summed E-state index contributed by atoms with van der Waals surface area (Å²) in [6, 6.07) is 9.36. The average molecular weight is 345 g/mol. The number of rotatable bonds is 4. The van der Waals surface area contributed by atoms with Crippen LogP contribution in [0.25, 0.3) is 0 Å². The molecule has 0 spiro atoms. The van der Waals surface area contributed by atoms with Gasteiger partial charge in [-0.25, -0.2) is 8.42 Å². The normalized spacial score (nSPS) is 11.4. The predicted molar refractivity (Wildman–Crippen MR) is 87.5 cm³/mol. The van der Waals surface area contributed by atoms with E-state index in [4.69, 9.17) is 28.9 Å². The summed E-state index contributed by atoms with van der Waals surface area (Å²) in [5.74, 6) is 0. The van der Waals surface area contributed by atoms with Crippen molar-refractivity contribution >= 4 is 44.6 Å². The fourth-order valence-corrected chi connectivity index (χ4v) is 3.59. The van der Waals surface area contributed by atoms with E-state index in [9.17, 15) is 8.42 Å². The minimum Gasteiger partial charge on any atom is -0.398 e. The third-order valence-corrected chi connectivity index (χ3v) is 4.99. The van der Waals surface area contributed by atoms with Gasteiger partial charge in [-0.1, -0.05) is 42.3 Å². The van der Waals surface area contributed by atoms with Crippen molar-refractivity contribution in [1.29, 1.82) is 0 Å². The lowest BCUT2D eigenvalue weighted by atomic mass is 10.1. The van der Waals surface area contributed by atoms with Crippen LogP contribution >= 0.6 is 23.2 Å². The number of hydrogen-bond donors (Lipinski definition) is 2. The van der Waals surface area contributed by atoms with E-state index in [0.717, 1.165) is 12.0 Å². The van der Waals surface area contributed by atoms with E-state index in [1.807, 2.05) is 6.92 Å². The first-order valence-electron chi connectivity index (χ1n) is 6.20. The minimum absolute atomic E-state index is 0.0631. The number of hydrogen-bond acceptors (Lipinski definition) is 3. The number of nitrogens with one attached hydrogen (secondary N) is 1. The second-order valence-electron chi connectivity index (χ2n) is 4.42. The Kier molecular flexibility index (Phi) is 4.66. The standard InChI is InChI=1S/C14H14Cl2N2O2S/c1-2-9-6-7-10(8-13(9)17)21(19,20)18-14-11(15)4-3-5-12(14)16/h3-8,18H,2,17H2,1H3. The maximum Gasteiger partial charge on any atom is 0.262 e. The Bertz CT molecular complexity index is 756. The van der Waals surface area contributed by atoms with E-state index in [0.29, 0.717) is 5.69 Å². The van der Waals surface area contributed by atoms with Crippen LogP contribution in [0.3, 0.4) is 0 Å². The molecule has 0 saturated heterocycles. The van der Waals surface area contributed by atoms with Crippen LogP contribution in [-0.2, 0) is 16.4 Å². The molecule has 2 aromatic carbocycles. The van der Waals surface area contributed by atoms with Gasteiger partial charge in [0.1, 0.15) is 0 Å². The van der Waals surface area contributed by atoms with Gasteiger partial charge in [0.2, 0.25) is 0 Å². The van der Waals surface area contributed by atoms with Crippen LogP contribution in [-0.4, -0.2) is 8.42 Å². The van der Waals surface area contributed by atoms with Crippen molar-refractivity contribution in [2.75, 3.05) is 10.5 Å². The summed E-state index contributed by atoms with van der Waals surface area (Å²) in [5.41, 5.74) is 7.32. The van der Waals surface area contributed by atoms with Crippen molar-refractivity contribution in [3.8, 4) is 0 Å². The molecule has 21 heavy (non-hydrogen) atoms. The van der Waals surface area contributed by atoms with Gasteiger partial charge in [0, 0.05) is 5.69 Å². The first-order chi connectivity index (χ1) is 9.85. The van der Waals surface area contributed by atoms with Crippen molar-refractivity contribution < 1.29 is 8.42 Å². The maximum absolute atomic E-state index is 12.4. The lowest BCUT2D eigenvalue weighted by molar-refractivity contribution is 0.601. The molecule has 0 radical (unpaired) electrons. The molecule has 3 N–H and O–H groups in total. The van der Waals surface area contributed by atoms with Gasteiger partial charge in [-0.15, -0.1) is 0 Å². The fourth-order valence-electron chi connectivity index (χ4n) is 1.85. The summed E-state index contributed by atoms with van der Waals surface area (Å²) in [6.45, 7) is 1.95. The summed E-state index contributed by atoms with van der Waals surface area (Å²) in [7, 11) is -3.80. The zero-order valence-electron chi connectivity index (χ0n) is 11.2. The molecule has 0 saturated carbocycles. The van der Waals surface area contributed by atoms with Crippen LogP contribution in [0.4, 0.5) is 11.4 Å². The molecular formula is C14H14Cl2N2O2S. The molecule has 0 fully saturated rings. The zero-order valence-corrected chi connectivity index (χ0v) is 13.6. The molecule has 112 valence electrons. The van der Waals surface area contributed by atoms with Crippen LogP contribution in [0, 0.1) is 0 Å². The van der Waals surface area contributed by atoms with Gasteiger partial charge >= 0.3 is 0 Å². The van der Waals surface area contributed by atoms with Crippen LogP contribution in [0.15, 0.2) is 41.3 Å². The van der Waals surface area contributed by atoms with Crippen molar-refractivity contribution in [2.45, 2.75) is 18.2 Å². The first-order valence-corrected chi connectivity index (χ1v) is 8.44. The third-order valence-electron chi connectivity index (χ3n) is 3.01. The molecule has 4 nitrogen and oxygen atoms in total. The minimum atomic E-state index is -3.80. The molecule has 0 aliphatic carbocycles. The summed E-state index contributed by atoms with van der Waals surface area (Å²) in [4.78, 5) is 0.0631. The van der Waals surface area contributed by atoms with Crippen LogP contribution < -0.4 is 10.5 Å². The number of nitrogen functional groups attached to an aromatic ring is 1. The van der Waals surface area contributed by atoms with E-state index >= 15 is 0 Å². The number of para-hydroxylation sites is 1. The van der Waals surface area contributed by atoms with Crippen LogP contribution in [0.1, 0.15) is 12.5 Å². The average Bonchev–Trinajstić information content (AvgIpc) is 2.43. The first kappa shape index (κ1) is 15.9. The molecule has 0 unspecified atom stereocenters. The summed E-state index contributed by atoms with van der Waals surface area (Å²) in [6.07, 6.45) is 0.732. The van der Waals surface area contributed by atoms with Crippen LogP contribution in [0.5, 0.6) is 0 Å². The molecule has 2 rings (SSSR count). The molecule has 0 aromatic heterocycles. The van der Waals surface area contributed by atoms with E-state index < -0.39 is 10.0 Å². The number of benzene rings is 2. The summed E-state index contributed by atoms with van der Waals surface area (Å²) in [5, 5.41) is 0.452. The highest BCUT2D eigenvalue weighted by Gasteiger charge is 2.18. The van der Waals surface area contributed by atoms with E-state index in [1.165, 1.54) is 12.1 Å². The highest BCUT2D eigenvalue weighted by molar-refractivity contribution is 7.92. The third kappa shape index (κ3) is 3.43. The van der Waals surface area contributed by atoms with E-state index in [-0.39, 0.29) is 20.6 Å². The molecule has 0 amide bonds. The van der Waals surface area contributed by atoms with E-state index in [2.05, 4.69) is 4.72 Å². The molecule has 0 aliphatic rings. The van der Waals surface area contributed by atoms with Gasteiger partial charge in [0.05, 0.1) is 20.6 Å². The topological polar surface area (TPSA) is 72.2 Å². The van der Waals surface area contributed by atoms with Crippen molar-refractivity contribution in [2.24, 2.45) is 0 Å². The Labute approximate surface area is 133 Å². The van der Waals surface area contributed by atoms with Crippen molar-refractivity contribution in [3.63, 3.8) is 0 Å². The lowest BCUT2D eigenvalue weighted by Crippen LogP contribution is -2.14. The largest absolute Gasteiger partial charge is 0.398 e. The van der Waals surface area contributed by atoms with Gasteiger partial charge in [-0.3, -0.25) is 4.72 Å². The summed E-state index contributed by atoms with van der Waals surface area (Å²) < 4.78 is 27.1. The SMILES string of the molecule is CCc1ccc(S(=O)(=O)Nc2c(Cl)cccc2Cl)cc1N. The molecule has 0 heterocycles. The molecule has 0 aliphatic heterocycles.